The number of nitrogens with zero attached hydrogens (tertiary/aromatic N) is 2. The van der Waals surface area contributed by atoms with Crippen LogP contribution in [0.25, 0.3) is 0 Å². The van der Waals surface area contributed by atoms with E-state index in [1.54, 1.807) is 0 Å². The lowest BCUT2D eigenvalue weighted by atomic mass is 10.1. The van der Waals surface area contributed by atoms with E-state index in [2.05, 4.69) is 15.6 Å². The SMILES string of the molecule is O=C(NCCCNc1ncc(Cl)cc1C(F)(F)F)c1cc([N+](=O)[O-])ccc1F. The minimum atomic E-state index is -4.64. The zero-order chi connectivity index (χ0) is 20.9. The van der Waals surface area contributed by atoms with E-state index in [1.165, 1.54) is 0 Å². The van der Waals surface area contributed by atoms with Crippen molar-refractivity contribution in [1.29, 1.82) is 0 Å². The molecule has 0 spiro atoms. The molecule has 2 N–H and O–H groups in total. The molecule has 1 aromatic carbocycles. The first-order valence-corrected chi connectivity index (χ1v) is 8.16. The van der Waals surface area contributed by atoms with Gasteiger partial charge in [0.2, 0.25) is 0 Å². The highest BCUT2D eigenvalue weighted by Crippen LogP contribution is 2.35. The molecule has 0 aliphatic carbocycles. The van der Waals surface area contributed by atoms with E-state index in [4.69, 9.17) is 11.6 Å². The van der Waals surface area contributed by atoms with Gasteiger partial charge < -0.3 is 10.6 Å². The largest absolute Gasteiger partial charge is 0.420 e. The predicted octanol–water partition coefficient (Wildman–Crippen LogP) is 4.03. The third-order valence-electron chi connectivity index (χ3n) is 3.50. The molecule has 0 atom stereocenters. The highest BCUT2D eigenvalue weighted by atomic mass is 35.5. The molecule has 150 valence electrons. The lowest BCUT2D eigenvalue weighted by Crippen LogP contribution is -2.27. The number of nitrogens with one attached hydrogen (secondary N) is 2. The number of rotatable bonds is 7. The van der Waals surface area contributed by atoms with Gasteiger partial charge in [0.25, 0.3) is 11.6 Å². The third kappa shape index (κ3) is 5.52. The molecule has 1 aromatic heterocycles. The second-order valence-electron chi connectivity index (χ2n) is 5.50. The molecule has 0 aliphatic rings. The van der Waals surface area contributed by atoms with Gasteiger partial charge in [0, 0.05) is 31.4 Å². The summed E-state index contributed by atoms with van der Waals surface area (Å²) in [6.07, 6.45) is -3.40. The van der Waals surface area contributed by atoms with Gasteiger partial charge in [-0.25, -0.2) is 9.37 Å². The van der Waals surface area contributed by atoms with E-state index in [9.17, 15) is 32.5 Å². The van der Waals surface area contributed by atoms with E-state index in [0.29, 0.717) is 0 Å². The summed E-state index contributed by atoms with van der Waals surface area (Å²) in [6, 6.07) is 3.27. The molecule has 1 amide bonds. The number of hydrogen-bond acceptors (Lipinski definition) is 5. The molecular weight excluding hydrogens is 408 g/mol. The first-order chi connectivity index (χ1) is 13.1. The van der Waals surface area contributed by atoms with Crippen molar-refractivity contribution in [2.75, 3.05) is 18.4 Å². The number of benzene rings is 1. The van der Waals surface area contributed by atoms with Crippen molar-refractivity contribution in [2.24, 2.45) is 0 Å². The smallest absolute Gasteiger partial charge is 0.370 e. The Morgan fingerprint density at radius 3 is 2.61 bits per heavy atom. The van der Waals surface area contributed by atoms with Gasteiger partial charge in [-0.15, -0.1) is 0 Å². The average molecular weight is 421 g/mol. The lowest BCUT2D eigenvalue weighted by Gasteiger charge is -2.14. The summed E-state index contributed by atoms with van der Waals surface area (Å²) in [6.45, 7) is 0.0122. The number of alkyl halides is 3. The minimum Gasteiger partial charge on any atom is -0.370 e. The molecule has 2 rings (SSSR count). The standard InChI is InChI=1S/C16H13ClF4N4O3/c17-9-6-12(16(19,20)21)14(24-8-9)22-4-1-5-23-15(26)11-7-10(25(27)28)2-3-13(11)18/h2-3,6-8H,1,4-5H2,(H,22,24)(H,23,26). The van der Waals surface area contributed by atoms with Crippen LogP contribution in [0.1, 0.15) is 22.3 Å². The maximum Gasteiger partial charge on any atom is 0.420 e. The molecule has 0 fully saturated rings. The predicted molar refractivity (Wildman–Crippen MR) is 92.7 cm³/mol. The number of carbonyl (C=O) groups excluding carboxylic acids is 1. The van der Waals surface area contributed by atoms with Crippen LogP contribution in [0.15, 0.2) is 30.5 Å². The summed E-state index contributed by atoms with van der Waals surface area (Å²) in [5, 5.41) is 15.4. The van der Waals surface area contributed by atoms with Crippen LogP contribution < -0.4 is 10.6 Å². The van der Waals surface area contributed by atoms with E-state index < -0.39 is 45.5 Å². The Hall–Kier alpha value is -2.95. The van der Waals surface area contributed by atoms with Crippen LogP contribution in [0.4, 0.5) is 29.1 Å². The summed E-state index contributed by atoms with van der Waals surface area (Å²) in [4.78, 5) is 25.4. The van der Waals surface area contributed by atoms with Crippen molar-refractivity contribution in [3.8, 4) is 0 Å². The molecule has 12 heteroatoms. The van der Waals surface area contributed by atoms with Crippen molar-refractivity contribution in [3.63, 3.8) is 0 Å². The zero-order valence-corrected chi connectivity index (χ0v) is 14.8. The number of non-ortho nitro benzene ring substituents is 1. The van der Waals surface area contributed by atoms with Gasteiger partial charge in [-0.05, 0) is 18.6 Å². The fourth-order valence-electron chi connectivity index (χ4n) is 2.19. The Kier molecular flexibility index (Phi) is 6.73. The number of nitro groups is 1. The second kappa shape index (κ2) is 8.83. The van der Waals surface area contributed by atoms with Crippen molar-refractivity contribution in [1.82, 2.24) is 10.3 Å². The molecule has 0 bridgehead atoms. The number of aromatic nitrogens is 1. The molecule has 28 heavy (non-hydrogen) atoms. The number of nitro benzene ring substituents is 1. The third-order valence-corrected chi connectivity index (χ3v) is 3.70. The van der Waals surface area contributed by atoms with Gasteiger partial charge in [0.15, 0.2) is 0 Å². The summed E-state index contributed by atoms with van der Waals surface area (Å²) in [5.74, 6) is -2.21. The van der Waals surface area contributed by atoms with Gasteiger partial charge in [0.1, 0.15) is 11.6 Å². The first kappa shape index (κ1) is 21.4. The fraction of sp³-hybridized carbons (Fsp3) is 0.250. The maximum atomic E-state index is 13.6. The van der Waals surface area contributed by atoms with Crippen LogP contribution in [0, 0.1) is 15.9 Å². The van der Waals surface area contributed by atoms with Crippen LogP contribution in [0.5, 0.6) is 0 Å². The number of halogens is 5. The van der Waals surface area contributed by atoms with E-state index >= 15 is 0 Å². The molecule has 7 nitrogen and oxygen atoms in total. The summed E-state index contributed by atoms with van der Waals surface area (Å²) >= 11 is 5.53. The summed E-state index contributed by atoms with van der Waals surface area (Å²) in [7, 11) is 0. The van der Waals surface area contributed by atoms with Gasteiger partial charge in [-0.1, -0.05) is 11.6 Å². The summed E-state index contributed by atoms with van der Waals surface area (Å²) in [5.41, 5.74) is -1.97. The molecule has 0 radical (unpaired) electrons. The van der Waals surface area contributed by atoms with Crippen LogP contribution in [-0.4, -0.2) is 28.9 Å². The van der Waals surface area contributed by atoms with Crippen molar-refractivity contribution >= 4 is 29.0 Å². The molecule has 1 heterocycles. The normalized spacial score (nSPS) is 11.2. The number of hydrogen-bond donors (Lipinski definition) is 2. The quantitative estimate of drug-likeness (QED) is 0.305. The van der Waals surface area contributed by atoms with Crippen LogP contribution in [0.3, 0.4) is 0 Å². The Bertz CT molecular complexity index is 893. The lowest BCUT2D eigenvalue weighted by molar-refractivity contribution is -0.384. The Morgan fingerprint density at radius 2 is 1.96 bits per heavy atom. The van der Waals surface area contributed by atoms with Crippen molar-refractivity contribution in [2.45, 2.75) is 12.6 Å². The fourth-order valence-corrected chi connectivity index (χ4v) is 2.35. The van der Waals surface area contributed by atoms with Gasteiger partial charge >= 0.3 is 6.18 Å². The van der Waals surface area contributed by atoms with Gasteiger partial charge in [-0.3, -0.25) is 14.9 Å². The highest BCUT2D eigenvalue weighted by Gasteiger charge is 2.34. The topological polar surface area (TPSA) is 97.2 Å². The second-order valence-corrected chi connectivity index (χ2v) is 5.94. The number of anilines is 1. The number of pyridine rings is 1. The van der Waals surface area contributed by atoms with Crippen LogP contribution >= 0.6 is 11.6 Å². The van der Waals surface area contributed by atoms with Crippen molar-refractivity contribution < 1.29 is 27.3 Å². The van der Waals surface area contributed by atoms with E-state index in [1.807, 2.05) is 0 Å². The maximum absolute atomic E-state index is 13.6. The van der Waals surface area contributed by atoms with E-state index in [0.717, 1.165) is 30.5 Å². The van der Waals surface area contributed by atoms with E-state index in [-0.39, 0.29) is 24.5 Å². The number of amides is 1. The summed E-state index contributed by atoms with van der Waals surface area (Å²) < 4.78 is 52.5. The van der Waals surface area contributed by atoms with Gasteiger partial charge in [0.05, 0.1) is 21.1 Å². The van der Waals surface area contributed by atoms with Crippen LogP contribution in [-0.2, 0) is 6.18 Å². The monoisotopic (exact) mass is 420 g/mol. The Balaban J connectivity index is 1.90. The molecule has 0 aliphatic heterocycles. The Morgan fingerprint density at radius 1 is 1.25 bits per heavy atom. The molecular formula is C16H13ClF4N4O3. The first-order valence-electron chi connectivity index (χ1n) is 7.78. The van der Waals surface area contributed by atoms with Gasteiger partial charge in [-0.2, -0.15) is 13.2 Å². The number of carbonyl (C=O) groups is 1. The molecule has 0 unspecified atom stereocenters. The molecule has 0 saturated heterocycles. The minimum absolute atomic E-state index is 0.0110. The highest BCUT2D eigenvalue weighted by molar-refractivity contribution is 6.30. The Labute approximate surface area is 160 Å². The van der Waals surface area contributed by atoms with Crippen molar-refractivity contribution in [3.05, 3.63) is 62.5 Å². The average Bonchev–Trinajstić information content (AvgIpc) is 2.61. The molecule has 2 aromatic rings. The zero-order valence-electron chi connectivity index (χ0n) is 14.0. The molecule has 0 saturated carbocycles. The van der Waals surface area contributed by atoms with Crippen LogP contribution in [0.2, 0.25) is 5.02 Å².